The number of ether oxygens (including phenoxy) is 1. The summed E-state index contributed by atoms with van der Waals surface area (Å²) in [4.78, 5) is 24.9. The summed E-state index contributed by atoms with van der Waals surface area (Å²) in [7, 11) is 1.25. The van der Waals surface area contributed by atoms with Crippen LogP contribution in [-0.2, 0) is 9.53 Å². The summed E-state index contributed by atoms with van der Waals surface area (Å²) < 4.78 is 4.52. The molecule has 0 saturated carbocycles. The molecule has 0 aromatic heterocycles. The molecule has 1 atom stereocenters. The van der Waals surface area contributed by atoms with E-state index in [1.165, 1.54) is 7.11 Å². The topological polar surface area (TPSA) is 146 Å². The molecule has 9 heteroatoms. The third-order valence-electron chi connectivity index (χ3n) is 1.99. The number of rotatable bonds is 6. The number of nitro groups is 1. The largest absolute Gasteiger partial charge is 0.468 e. The molecule has 17 heavy (non-hydrogen) atoms. The average molecular weight is 247 g/mol. The molecule has 0 radical (unpaired) electrons. The predicted molar refractivity (Wildman–Crippen MR) is 60.5 cm³/mol. The van der Waals surface area contributed by atoms with Crippen molar-refractivity contribution in [1.82, 2.24) is 5.43 Å². The highest BCUT2D eigenvalue weighted by molar-refractivity contribution is 5.79. The first-order valence-corrected chi connectivity index (χ1v) is 4.88. The van der Waals surface area contributed by atoms with Gasteiger partial charge in [-0.3, -0.25) is 4.79 Å². The quantitative estimate of drug-likeness (QED) is 0.133. The van der Waals surface area contributed by atoms with Gasteiger partial charge < -0.3 is 16.2 Å². The Hall–Kier alpha value is -1.90. The van der Waals surface area contributed by atoms with Crippen molar-refractivity contribution in [2.24, 2.45) is 16.5 Å². The molecule has 0 rings (SSSR count). The van der Waals surface area contributed by atoms with Crippen molar-refractivity contribution in [3.05, 3.63) is 10.1 Å². The first-order chi connectivity index (χ1) is 7.79. The Morgan fingerprint density at radius 2 is 2.24 bits per heavy atom. The van der Waals surface area contributed by atoms with Crippen LogP contribution < -0.4 is 16.9 Å². The molecule has 0 saturated heterocycles. The van der Waals surface area contributed by atoms with Crippen LogP contribution in [0.25, 0.3) is 0 Å². The number of esters is 1. The van der Waals surface area contributed by atoms with Gasteiger partial charge in [-0.1, -0.05) is 5.43 Å². The van der Waals surface area contributed by atoms with Crippen LogP contribution in [0.3, 0.4) is 0 Å². The van der Waals surface area contributed by atoms with E-state index in [2.05, 4.69) is 9.73 Å². The number of nitrogens with zero attached hydrogens (tertiary/aromatic N) is 2. The third-order valence-corrected chi connectivity index (χ3v) is 1.99. The zero-order valence-electron chi connectivity index (χ0n) is 9.80. The summed E-state index contributed by atoms with van der Waals surface area (Å²) in [5, 5.41) is 9.18. The lowest BCUT2D eigenvalue weighted by Gasteiger charge is -2.20. The van der Waals surface area contributed by atoms with Crippen LogP contribution in [0.2, 0.25) is 0 Å². The Bertz CT molecular complexity index is 315. The van der Waals surface area contributed by atoms with Gasteiger partial charge >= 0.3 is 5.97 Å². The molecule has 98 valence electrons. The lowest BCUT2D eigenvalue weighted by Crippen LogP contribution is -2.45. The third kappa shape index (κ3) is 6.30. The standard InChI is InChI=1S/C8H17N5O4/c1-8(10,6(14)17-2)4-3-5-11-7(9)12-13(15)16/h3-5,10H2,1-2H3,(H3,9,11,12). The van der Waals surface area contributed by atoms with Crippen LogP contribution in [0.5, 0.6) is 0 Å². The molecule has 0 aliphatic heterocycles. The monoisotopic (exact) mass is 247 g/mol. The second-order valence-electron chi connectivity index (χ2n) is 3.65. The summed E-state index contributed by atoms with van der Waals surface area (Å²) in [6, 6.07) is 0. The van der Waals surface area contributed by atoms with E-state index in [0.29, 0.717) is 12.8 Å². The van der Waals surface area contributed by atoms with Gasteiger partial charge in [0.2, 0.25) is 0 Å². The van der Waals surface area contributed by atoms with Crippen molar-refractivity contribution in [2.75, 3.05) is 13.7 Å². The van der Waals surface area contributed by atoms with Crippen molar-refractivity contribution < 1.29 is 14.6 Å². The number of hydrazine groups is 1. The number of carbonyl (C=O) groups is 1. The van der Waals surface area contributed by atoms with E-state index in [9.17, 15) is 14.9 Å². The van der Waals surface area contributed by atoms with Crippen molar-refractivity contribution >= 4 is 11.9 Å². The van der Waals surface area contributed by atoms with Gasteiger partial charge in [-0.2, -0.15) is 0 Å². The summed E-state index contributed by atoms with van der Waals surface area (Å²) in [5.74, 6) is -0.801. The van der Waals surface area contributed by atoms with Gasteiger partial charge in [0, 0.05) is 6.54 Å². The minimum absolute atomic E-state index is 0.233. The molecule has 0 aromatic carbocycles. The summed E-state index contributed by atoms with van der Waals surface area (Å²) in [6.07, 6.45) is 0.803. The average Bonchev–Trinajstić information content (AvgIpc) is 2.22. The van der Waals surface area contributed by atoms with Crippen LogP contribution >= 0.6 is 0 Å². The second kappa shape index (κ2) is 6.63. The SMILES string of the molecule is COC(=O)C(C)(N)CCCN=C(N)N[N+](=O)[O-]. The first kappa shape index (κ1) is 15.1. The smallest absolute Gasteiger partial charge is 0.325 e. The fraction of sp³-hybridized carbons (Fsp3) is 0.750. The Morgan fingerprint density at radius 1 is 1.65 bits per heavy atom. The Morgan fingerprint density at radius 3 is 2.71 bits per heavy atom. The number of guanidine groups is 1. The molecule has 0 bridgehead atoms. The number of hydrogen-bond acceptors (Lipinski definition) is 6. The molecule has 0 heterocycles. The number of nitrogens with two attached hydrogens (primary N) is 2. The van der Waals surface area contributed by atoms with Crippen LogP contribution in [0, 0.1) is 10.1 Å². The van der Waals surface area contributed by atoms with Crippen molar-refractivity contribution in [1.29, 1.82) is 0 Å². The number of aliphatic imine (C=N–C) groups is 1. The van der Waals surface area contributed by atoms with Crippen molar-refractivity contribution in [2.45, 2.75) is 25.3 Å². The maximum atomic E-state index is 11.2. The highest BCUT2D eigenvalue weighted by Gasteiger charge is 2.28. The van der Waals surface area contributed by atoms with Crippen molar-refractivity contribution in [3.63, 3.8) is 0 Å². The van der Waals surface area contributed by atoms with E-state index in [-0.39, 0.29) is 12.5 Å². The minimum atomic E-state index is -1.09. The Labute approximate surface area is 98.3 Å². The first-order valence-electron chi connectivity index (χ1n) is 4.88. The zero-order chi connectivity index (χ0) is 13.5. The molecule has 5 N–H and O–H groups in total. The fourth-order valence-electron chi connectivity index (χ4n) is 1.11. The highest BCUT2D eigenvalue weighted by atomic mass is 16.7. The second-order valence-corrected chi connectivity index (χ2v) is 3.65. The molecule has 0 aliphatic carbocycles. The van der Waals surface area contributed by atoms with Gasteiger partial charge in [0.05, 0.1) is 7.11 Å². The molecule has 0 fully saturated rings. The van der Waals surface area contributed by atoms with E-state index in [1.54, 1.807) is 12.3 Å². The molecule has 1 unspecified atom stereocenters. The van der Waals surface area contributed by atoms with Gasteiger partial charge in [-0.25, -0.2) is 15.1 Å². The Kier molecular flexibility index (Phi) is 5.89. The van der Waals surface area contributed by atoms with E-state index in [1.807, 2.05) is 0 Å². The van der Waals surface area contributed by atoms with Crippen LogP contribution in [0.15, 0.2) is 4.99 Å². The summed E-state index contributed by atoms with van der Waals surface area (Å²) in [6.45, 7) is 1.78. The van der Waals surface area contributed by atoms with Gasteiger partial charge in [0.25, 0.3) is 5.96 Å². The fourth-order valence-corrected chi connectivity index (χ4v) is 1.11. The molecule has 9 nitrogen and oxygen atoms in total. The number of nitrogens with one attached hydrogen (secondary N) is 1. The van der Waals surface area contributed by atoms with Gasteiger partial charge in [-0.05, 0) is 19.8 Å². The van der Waals surface area contributed by atoms with Crippen LogP contribution in [-0.4, -0.2) is 36.2 Å². The molecule has 0 aliphatic rings. The molecule has 0 amide bonds. The normalized spacial score (nSPS) is 14.9. The van der Waals surface area contributed by atoms with Crippen molar-refractivity contribution in [3.8, 4) is 0 Å². The number of carbonyl (C=O) groups excluding carboxylic acids is 1. The minimum Gasteiger partial charge on any atom is -0.468 e. The van der Waals surface area contributed by atoms with Gasteiger partial charge in [0.15, 0.2) is 5.03 Å². The van der Waals surface area contributed by atoms with E-state index in [4.69, 9.17) is 11.5 Å². The lowest BCUT2D eigenvalue weighted by molar-refractivity contribution is -0.525. The predicted octanol–water partition coefficient (Wildman–Crippen LogP) is -1.25. The molecular weight excluding hydrogens is 230 g/mol. The molecular formula is C8H17N5O4. The van der Waals surface area contributed by atoms with Crippen LogP contribution in [0.1, 0.15) is 19.8 Å². The highest BCUT2D eigenvalue weighted by Crippen LogP contribution is 2.10. The summed E-state index contributed by atoms with van der Waals surface area (Å²) in [5.41, 5.74) is 11.5. The number of methoxy groups -OCH3 is 1. The maximum Gasteiger partial charge on any atom is 0.325 e. The molecule has 0 aromatic rings. The van der Waals surface area contributed by atoms with Gasteiger partial charge in [0.1, 0.15) is 5.54 Å². The van der Waals surface area contributed by atoms with E-state index >= 15 is 0 Å². The zero-order valence-corrected chi connectivity index (χ0v) is 9.80. The number of hydrogen-bond donors (Lipinski definition) is 3. The van der Waals surface area contributed by atoms with Gasteiger partial charge in [-0.15, -0.1) is 0 Å². The summed E-state index contributed by atoms with van der Waals surface area (Å²) >= 11 is 0. The van der Waals surface area contributed by atoms with E-state index < -0.39 is 16.5 Å². The van der Waals surface area contributed by atoms with Crippen LogP contribution in [0.4, 0.5) is 0 Å². The lowest BCUT2D eigenvalue weighted by atomic mass is 9.97. The maximum absolute atomic E-state index is 11.2. The van der Waals surface area contributed by atoms with E-state index in [0.717, 1.165) is 0 Å². The molecule has 0 spiro atoms. The Balaban J connectivity index is 3.99.